The molecule has 0 aliphatic carbocycles. The molecule has 0 saturated carbocycles. The van der Waals surface area contributed by atoms with E-state index in [4.69, 9.17) is 4.74 Å². The first-order valence-corrected chi connectivity index (χ1v) is 9.60. The number of nitrogens with zero attached hydrogens (tertiary/aromatic N) is 3. The van der Waals surface area contributed by atoms with Gasteiger partial charge in [0.2, 0.25) is 5.82 Å². The molecule has 3 aromatic rings. The van der Waals surface area contributed by atoms with E-state index in [9.17, 15) is 21.8 Å². The van der Waals surface area contributed by atoms with Gasteiger partial charge in [0.1, 0.15) is 11.6 Å². The molecule has 0 N–H and O–H groups in total. The Morgan fingerprint density at radius 3 is 2.50 bits per heavy atom. The summed E-state index contributed by atoms with van der Waals surface area (Å²) in [5, 5.41) is 3.30. The van der Waals surface area contributed by atoms with Gasteiger partial charge in [-0.2, -0.15) is 22.5 Å². The molecule has 2 aromatic carbocycles. The minimum Gasteiger partial charge on any atom is -0.496 e. The van der Waals surface area contributed by atoms with Crippen LogP contribution in [0, 0.1) is 5.82 Å². The molecule has 0 bridgehead atoms. The van der Waals surface area contributed by atoms with Crippen LogP contribution in [0.5, 0.6) is 5.75 Å². The molecular weight excluding hydrogens is 402 g/mol. The van der Waals surface area contributed by atoms with Crippen LogP contribution < -0.4 is 4.74 Å². The average molecular weight is 415 g/mol. The van der Waals surface area contributed by atoms with Gasteiger partial charge in [0.05, 0.1) is 33.0 Å². The van der Waals surface area contributed by atoms with E-state index in [1.165, 1.54) is 55.8 Å². The number of benzene rings is 2. The fraction of sp³-hybridized carbons (Fsp3) is 0.176. The molecule has 0 fully saturated rings. The molecule has 1 atom stereocenters. The van der Waals surface area contributed by atoms with Gasteiger partial charge in [0.25, 0.3) is 0 Å². The number of methoxy groups -OCH3 is 1. The second kappa shape index (κ2) is 7.23. The third-order valence-electron chi connectivity index (χ3n) is 3.62. The Labute approximate surface area is 157 Å². The van der Waals surface area contributed by atoms with Gasteiger partial charge in [-0.05, 0) is 24.3 Å². The Bertz CT molecular complexity index is 1130. The summed E-state index contributed by atoms with van der Waals surface area (Å²) in [6, 6.07) is 9.60. The minimum atomic E-state index is -4.78. The lowest BCUT2D eigenvalue weighted by molar-refractivity contribution is -0.159. The van der Waals surface area contributed by atoms with Crippen molar-refractivity contribution < 1.29 is 31.0 Å². The van der Waals surface area contributed by atoms with Crippen molar-refractivity contribution in [3.05, 3.63) is 54.2 Å². The monoisotopic (exact) mass is 415 g/mol. The Morgan fingerprint density at radius 2 is 1.89 bits per heavy atom. The highest BCUT2D eigenvalue weighted by molar-refractivity contribution is 7.93. The first-order chi connectivity index (χ1) is 13.1. The summed E-state index contributed by atoms with van der Waals surface area (Å²) in [6.07, 6.45) is -3.50. The quantitative estimate of drug-likeness (QED) is 0.578. The molecule has 3 rings (SSSR count). The van der Waals surface area contributed by atoms with Crippen LogP contribution in [0.3, 0.4) is 0 Å². The summed E-state index contributed by atoms with van der Waals surface area (Å²) < 4.78 is 78.1. The molecule has 0 spiro atoms. The first kappa shape index (κ1) is 19.8. The fourth-order valence-corrected chi connectivity index (χ4v) is 3.75. The number of halogens is 4. The van der Waals surface area contributed by atoms with E-state index < -0.39 is 27.6 Å². The van der Waals surface area contributed by atoms with E-state index in [0.29, 0.717) is 0 Å². The molecule has 0 radical (unpaired) electrons. The second-order valence-corrected chi connectivity index (χ2v) is 7.86. The number of ether oxygens (including phenoxy) is 1. The fourth-order valence-electron chi connectivity index (χ4n) is 2.37. The third-order valence-corrected chi connectivity index (χ3v) is 5.33. The van der Waals surface area contributed by atoms with E-state index in [-0.39, 0.29) is 27.7 Å². The maximum absolute atomic E-state index is 13.9. The zero-order valence-corrected chi connectivity index (χ0v) is 15.3. The van der Waals surface area contributed by atoms with Crippen molar-refractivity contribution in [1.29, 1.82) is 0 Å². The van der Waals surface area contributed by atoms with E-state index in [2.05, 4.69) is 19.0 Å². The Balaban J connectivity index is 2.04. The van der Waals surface area contributed by atoms with Gasteiger partial charge in [0, 0.05) is 12.3 Å². The average Bonchev–Trinajstić information content (AvgIpc) is 3.11. The Hall–Kier alpha value is -2.95. The van der Waals surface area contributed by atoms with Gasteiger partial charge in [-0.1, -0.05) is 17.3 Å². The van der Waals surface area contributed by atoms with Crippen molar-refractivity contribution in [3.63, 3.8) is 0 Å². The maximum Gasteiger partial charge on any atom is 0.471 e. The van der Waals surface area contributed by atoms with E-state index in [1.54, 1.807) is 0 Å². The zero-order chi connectivity index (χ0) is 20.5. The molecule has 0 saturated heterocycles. The van der Waals surface area contributed by atoms with Crippen LogP contribution in [0.1, 0.15) is 5.89 Å². The normalized spacial score (nSPS) is 13.8. The smallest absolute Gasteiger partial charge is 0.471 e. The van der Waals surface area contributed by atoms with Crippen LogP contribution in [0.4, 0.5) is 23.2 Å². The summed E-state index contributed by atoms with van der Waals surface area (Å²) in [6.45, 7) is 0. The van der Waals surface area contributed by atoms with Crippen molar-refractivity contribution in [2.45, 2.75) is 11.1 Å². The molecule has 1 heterocycles. The standard InChI is InChI=1S/C17H13F4N3O3S/c1-26-13-9-10(24-28(2,25)14-6-4-3-5-12(14)18)7-8-11(13)15-22-16(27-23-15)17(19,20)21/h3-9H,1-2H3. The molecule has 0 amide bonds. The largest absolute Gasteiger partial charge is 0.496 e. The molecular formula is C17H13F4N3O3S. The van der Waals surface area contributed by atoms with Crippen molar-refractivity contribution in [3.8, 4) is 17.1 Å². The molecule has 1 unspecified atom stereocenters. The molecule has 28 heavy (non-hydrogen) atoms. The lowest BCUT2D eigenvalue weighted by Crippen LogP contribution is -2.04. The zero-order valence-electron chi connectivity index (χ0n) is 14.5. The number of rotatable bonds is 4. The number of alkyl halides is 3. The van der Waals surface area contributed by atoms with Crippen LogP contribution >= 0.6 is 0 Å². The third kappa shape index (κ3) is 3.98. The van der Waals surface area contributed by atoms with Crippen molar-refractivity contribution in [2.75, 3.05) is 13.4 Å². The maximum atomic E-state index is 13.9. The van der Waals surface area contributed by atoms with E-state index in [0.717, 1.165) is 0 Å². The van der Waals surface area contributed by atoms with Crippen molar-refractivity contribution in [1.82, 2.24) is 10.1 Å². The van der Waals surface area contributed by atoms with Gasteiger partial charge in [-0.25, -0.2) is 8.60 Å². The van der Waals surface area contributed by atoms with E-state index >= 15 is 0 Å². The molecule has 0 aliphatic rings. The SMILES string of the molecule is COc1cc(N=S(C)(=O)c2ccccc2F)ccc1-c1noc(C(F)(F)F)n1. The Morgan fingerprint density at radius 1 is 1.18 bits per heavy atom. The number of hydrogen-bond acceptors (Lipinski definition) is 6. The van der Waals surface area contributed by atoms with Crippen LogP contribution in [-0.2, 0) is 15.9 Å². The summed E-state index contributed by atoms with van der Waals surface area (Å²) in [7, 11) is -1.83. The molecule has 1 aromatic heterocycles. The van der Waals surface area contributed by atoms with Gasteiger partial charge in [-0.15, -0.1) is 0 Å². The van der Waals surface area contributed by atoms with Crippen LogP contribution in [-0.4, -0.2) is 27.7 Å². The van der Waals surface area contributed by atoms with Crippen molar-refractivity contribution >= 4 is 15.4 Å². The predicted molar refractivity (Wildman–Crippen MR) is 92.1 cm³/mol. The van der Waals surface area contributed by atoms with Crippen LogP contribution in [0.15, 0.2) is 56.2 Å². The van der Waals surface area contributed by atoms with Crippen molar-refractivity contribution in [2.24, 2.45) is 4.36 Å². The van der Waals surface area contributed by atoms with Gasteiger partial charge in [-0.3, -0.25) is 0 Å². The second-order valence-electron chi connectivity index (χ2n) is 5.63. The van der Waals surface area contributed by atoms with E-state index in [1.807, 2.05) is 0 Å². The van der Waals surface area contributed by atoms with Gasteiger partial charge >= 0.3 is 12.1 Å². The van der Waals surface area contributed by atoms with Gasteiger partial charge < -0.3 is 9.26 Å². The topological polar surface area (TPSA) is 77.6 Å². The highest BCUT2D eigenvalue weighted by Crippen LogP contribution is 2.35. The molecule has 0 aliphatic heterocycles. The molecule has 6 nitrogen and oxygen atoms in total. The Kier molecular flexibility index (Phi) is 5.11. The lowest BCUT2D eigenvalue weighted by Gasteiger charge is -2.08. The van der Waals surface area contributed by atoms with Crippen LogP contribution in [0.25, 0.3) is 11.4 Å². The summed E-state index contributed by atoms with van der Waals surface area (Å²) in [4.78, 5) is 3.24. The highest BCUT2D eigenvalue weighted by atomic mass is 32.2. The highest BCUT2D eigenvalue weighted by Gasteiger charge is 2.38. The lowest BCUT2D eigenvalue weighted by atomic mass is 10.1. The number of aromatic nitrogens is 2. The van der Waals surface area contributed by atoms with Gasteiger partial charge in [0.15, 0.2) is 0 Å². The first-order valence-electron chi connectivity index (χ1n) is 7.68. The molecule has 148 valence electrons. The summed E-state index contributed by atoms with van der Waals surface area (Å²) >= 11 is 0. The minimum absolute atomic E-state index is 0.0639. The number of hydrogen-bond donors (Lipinski definition) is 0. The summed E-state index contributed by atoms with van der Waals surface area (Å²) in [5.74, 6) is -2.40. The predicted octanol–water partition coefficient (Wildman–Crippen LogP) is 4.69. The van der Waals surface area contributed by atoms with Crippen LogP contribution in [0.2, 0.25) is 0 Å². The summed E-state index contributed by atoms with van der Waals surface area (Å²) in [5.41, 5.74) is 0.296. The molecule has 11 heteroatoms.